The van der Waals surface area contributed by atoms with Crippen LogP contribution in [-0.4, -0.2) is 22.9 Å². The Bertz CT molecular complexity index is 583. The highest BCUT2D eigenvalue weighted by atomic mass is 16.5. The summed E-state index contributed by atoms with van der Waals surface area (Å²) in [6, 6.07) is 2.18. The Morgan fingerprint density at radius 1 is 1.61 bits per heavy atom. The third kappa shape index (κ3) is 1.12. The SMILES string of the molecule is Cc1[nH]nc2c1[C@]1(CCO[C@@H]1C)C(C#N)=C(N)O2. The van der Waals surface area contributed by atoms with Gasteiger partial charge < -0.3 is 15.2 Å². The molecule has 0 radical (unpaired) electrons. The standard InChI is InChI=1S/C12H14N4O2/c1-6-9-11(16-15-6)18-10(14)8(5-13)12(9)3-4-17-7(12)2/h7H,3-4,14H2,1-2H3,(H,15,16)/t7-,12+/m1/s1. The van der Waals surface area contributed by atoms with Crippen molar-refractivity contribution >= 4 is 0 Å². The van der Waals surface area contributed by atoms with E-state index in [0.717, 1.165) is 11.3 Å². The van der Waals surface area contributed by atoms with Gasteiger partial charge in [0.05, 0.1) is 17.1 Å². The van der Waals surface area contributed by atoms with E-state index in [9.17, 15) is 5.26 Å². The average Bonchev–Trinajstić information content (AvgIpc) is 2.86. The molecule has 3 heterocycles. The molecule has 2 aliphatic heterocycles. The lowest BCUT2D eigenvalue weighted by molar-refractivity contribution is 0.0996. The molecule has 94 valence electrons. The van der Waals surface area contributed by atoms with Gasteiger partial charge in [-0.1, -0.05) is 0 Å². The Hall–Kier alpha value is -2.00. The number of nitriles is 1. The number of fused-ring (bicyclic) bond motifs is 2. The monoisotopic (exact) mass is 246 g/mol. The lowest BCUT2D eigenvalue weighted by atomic mass is 9.69. The lowest BCUT2D eigenvalue weighted by Crippen LogP contribution is -2.41. The van der Waals surface area contributed by atoms with Gasteiger partial charge >= 0.3 is 0 Å². The highest BCUT2D eigenvalue weighted by Gasteiger charge is 2.53. The molecule has 3 rings (SSSR count). The third-order valence-corrected chi connectivity index (χ3v) is 3.93. The number of aromatic nitrogens is 2. The number of aromatic amines is 1. The molecule has 0 amide bonds. The fraction of sp³-hybridized carbons (Fsp3) is 0.500. The summed E-state index contributed by atoms with van der Waals surface area (Å²) in [6.45, 7) is 4.47. The maximum Gasteiger partial charge on any atom is 0.244 e. The molecule has 3 N–H and O–H groups in total. The number of nitrogens with one attached hydrogen (secondary N) is 1. The van der Waals surface area contributed by atoms with E-state index in [2.05, 4.69) is 16.3 Å². The van der Waals surface area contributed by atoms with E-state index in [1.54, 1.807) is 0 Å². The number of rotatable bonds is 0. The van der Waals surface area contributed by atoms with Crippen LogP contribution in [0.4, 0.5) is 0 Å². The molecule has 6 heteroatoms. The van der Waals surface area contributed by atoms with Crippen molar-refractivity contribution < 1.29 is 9.47 Å². The van der Waals surface area contributed by atoms with Gasteiger partial charge in [-0.2, -0.15) is 5.26 Å². The molecule has 0 bridgehead atoms. The summed E-state index contributed by atoms with van der Waals surface area (Å²) in [5, 5.41) is 16.4. The minimum Gasteiger partial charge on any atom is -0.420 e. The van der Waals surface area contributed by atoms with Crippen molar-refractivity contribution in [1.82, 2.24) is 10.2 Å². The van der Waals surface area contributed by atoms with Crippen LogP contribution in [0.1, 0.15) is 24.6 Å². The van der Waals surface area contributed by atoms with E-state index in [0.29, 0.717) is 24.5 Å². The van der Waals surface area contributed by atoms with Crippen LogP contribution in [0, 0.1) is 18.3 Å². The Balaban J connectivity index is 2.31. The summed E-state index contributed by atoms with van der Waals surface area (Å²) in [7, 11) is 0. The van der Waals surface area contributed by atoms with Crippen molar-refractivity contribution in [3.63, 3.8) is 0 Å². The summed E-state index contributed by atoms with van der Waals surface area (Å²) in [4.78, 5) is 0. The molecule has 0 aromatic carbocycles. The number of ether oxygens (including phenoxy) is 2. The zero-order chi connectivity index (χ0) is 12.9. The molecule has 0 unspecified atom stereocenters. The number of aryl methyl sites for hydroxylation is 1. The Labute approximate surface area is 104 Å². The second kappa shape index (κ2) is 3.50. The van der Waals surface area contributed by atoms with E-state index in [-0.39, 0.29) is 12.0 Å². The van der Waals surface area contributed by atoms with Crippen molar-refractivity contribution in [2.75, 3.05) is 6.61 Å². The first-order chi connectivity index (χ1) is 8.61. The minimum absolute atomic E-state index is 0.121. The first-order valence-corrected chi connectivity index (χ1v) is 5.86. The Kier molecular flexibility index (Phi) is 2.16. The van der Waals surface area contributed by atoms with Crippen LogP contribution in [0.2, 0.25) is 0 Å². The van der Waals surface area contributed by atoms with Gasteiger partial charge in [0.25, 0.3) is 0 Å². The molecular formula is C12H14N4O2. The van der Waals surface area contributed by atoms with Gasteiger partial charge in [-0.15, -0.1) is 5.10 Å². The average molecular weight is 246 g/mol. The summed E-state index contributed by atoms with van der Waals surface area (Å²) in [5.41, 5.74) is 7.57. The predicted octanol–water partition coefficient (Wildman–Crippen LogP) is 0.851. The number of hydrogen-bond acceptors (Lipinski definition) is 5. The highest BCUT2D eigenvalue weighted by molar-refractivity contribution is 5.55. The first-order valence-electron chi connectivity index (χ1n) is 5.86. The van der Waals surface area contributed by atoms with E-state index in [1.165, 1.54) is 0 Å². The zero-order valence-electron chi connectivity index (χ0n) is 10.3. The number of H-pyrrole nitrogens is 1. The van der Waals surface area contributed by atoms with Gasteiger partial charge in [0.1, 0.15) is 11.6 Å². The maximum atomic E-state index is 9.40. The van der Waals surface area contributed by atoms with Gasteiger partial charge in [-0.3, -0.25) is 5.10 Å². The lowest BCUT2D eigenvalue weighted by Gasteiger charge is -2.35. The summed E-state index contributed by atoms with van der Waals surface area (Å²) >= 11 is 0. The fourth-order valence-corrected chi connectivity index (χ4v) is 3.06. The minimum atomic E-state index is -0.524. The second-order valence-corrected chi connectivity index (χ2v) is 4.72. The van der Waals surface area contributed by atoms with Crippen molar-refractivity contribution in [3.8, 4) is 11.9 Å². The van der Waals surface area contributed by atoms with Crippen LogP contribution in [0.15, 0.2) is 11.5 Å². The van der Waals surface area contributed by atoms with Crippen LogP contribution in [0.5, 0.6) is 5.88 Å². The summed E-state index contributed by atoms with van der Waals surface area (Å²) in [6.07, 6.45) is 0.596. The molecule has 1 fully saturated rings. The topological polar surface area (TPSA) is 97.0 Å². The van der Waals surface area contributed by atoms with Crippen LogP contribution in [0.3, 0.4) is 0 Å². The number of nitrogens with zero attached hydrogens (tertiary/aromatic N) is 2. The van der Waals surface area contributed by atoms with E-state index >= 15 is 0 Å². The molecule has 1 spiro atoms. The molecule has 2 aliphatic rings. The highest BCUT2D eigenvalue weighted by Crippen LogP contribution is 2.51. The van der Waals surface area contributed by atoms with Crippen molar-refractivity contribution in [3.05, 3.63) is 22.7 Å². The molecule has 2 atom stereocenters. The molecule has 0 saturated carbocycles. The van der Waals surface area contributed by atoms with Gasteiger partial charge in [-0.25, -0.2) is 0 Å². The van der Waals surface area contributed by atoms with Gasteiger partial charge in [0, 0.05) is 12.3 Å². The molecule has 1 saturated heterocycles. The van der Waals surface area contributed by atoms with Crippen LogP contribution in [0.25, 0.3) is 0 Å². The van der Waals surface area contributed by atoms with Gasteiger partial charge in [0.2, 0.25) is 11.8 Å². The largest absolute Gasteiger partial charge is 0.420 e. The van der Waals surface area contributed by atoms with Crippen molar-refractivity contribution in [1.29, 1.82) is 5.26 Å². The fourth-order valence-electron chi connectivity index (χ4n) is 3.06. The molecular weight excluding hydrogens is 232 g/mol. The quantitative estimate of drug-likeness (QED) is 0.707. The third-order valence-electron chi connectivity index (χ3n) is 3.93. The number of hydrogen-bond donors (Lipinski definition) is 2. The molecule has 1 aromatic heterocycles. The second-order valence-electron chi connectivity index (χ2n) is 4.72. The molecule has 6 nitrogen and oxygen atoms in total. The first kappa shape index (κ1) is 11.1. The zero-order valence-corrected chi connectivity index (χ0v) is 10.3. The maximum absolute atomic E-state index is 9.40. The molecule has 0 aliphatic carbocycles. The van der Waals surface area contributed by atoms with E-state index < -0.39 is 5.41 Å². The van der Waals surface area contributed by atoms with Crippen LogP contribution in [-0.2, 0) is 10.2 Å². The van der Waals surface area contributed by atoms with E-state index in [1.807, 2.05) is 13.8 Å². The van der Waals surface area contributed by atoms with Crippen molar-refractivity contribution in [2.24, 2.45) is 5.73 Å². The van der Waals surface area contributed by atoms with Crippen LogP contribution >= 0.6 is 0 Å². The van der Waals surface area contributed by atoms with Crippen molar-refractivity contribution in [2.45, 2.75) is 31.8 Å². The molecule has 18 heavy (non-hydrogen) atoms. The Morgan fingerprint density at radius 2 is 2.39 bits per heavy atom. The smallest absolute Gasteiger partial charge is 0.244 e. The normalized spacial score (nSPS) is 30.2. The molecule has 1 aromatic rings. The summed E-state index contributed by atoms with van der Waals surface area (Å²) < 4.78 is 11.1. The Morgan fingerprint density at radius 3 is 3.00 bits per heavy atom. The van der Waals surface area contributed by atoms with E-state index in [4.69, 9.17) is 15.2 Å². The van der Waals surface area contributed by atoms with Gasteiger partial charge in [0.15, 0.2) is 0 Å². The van der Waals surface area contributed by atoms with Gasteiger partial charge in [-0.05, 0) is 20.3 Å². The summed E-state index contributed by atoms with van der Waals surface area (Å²) in [5.74, 6) is 0.593. The van der Waals surface area contributed by atoms with Crippen LogP contribution < -0.4 is 10.5 Å². The number of nitrogens with two attached hydrogens (primary N) is 1. The predicted molar refractivity (Wildman–Crippen MR) is 62.5 cm³/mol.